The molecule has 7 aromatic carbocycles. The number of anilines is 3. The van der Waals surface area contributed by atoms with Crippen LogP contribution in [0.25, 0.3) is 66.1 Å². The average molecular weight is 770 g/mol. The molecule has 0 radical (unpaired) electrons. The molecule has 2 aliphatic carbocycles. The normalized spacial score (nSPS) is 15.2. The van der Waals surface area contributed by atoms with Gasteiger partial charge in [0.25, 0.3) is 0 Å². The van der Waals surface area contributed by atoms with E-state index in [1.807, 2.05) is 0 Å². The summed E-state index contributed by atoms with van der Waals surface area (Å²) in [5.41, 5.74) is 19.7. The molecule has 3 heteroatoms. The van der Waals surface area contributed by atoms with Crippen molar-refractivity contribution in [2.45, 2.75) is 90.9 Å². The zero-order valence-electron chi connectivity index (χ0n) is 35.9. The van der Waals surface area contributed by atoms with Crippen molar-refractivity contribution in [2.24, 2.45) is 0 Å². The summed E-state index contributed by atoms with van der Waals surface area (Å²) in [6.07, 6.45) is 0. The van der Waals surface area contributed by atoms with Gasteiger partial charge in [0.1, 0.15) is 22.3 Å². The lowest BCUT2D eigenvalue weighted by atomic mass is 9.79. The van der Waals surface area contributed by atoms with Crippen molar-refractivity contribution < 1.29 is 8.83 Å². The second kappa shape index (κ2) is 11.8. The molecule has 0 bridgehead atoms. The van der Waals surface area contributed by atoms with Gasteiger partial charge in [0.15, 0.2) is 0 Å². The number of rotatable bonds is 3. The van der Waals surface area contributed by atoms with E-state index in [-0.39, 0.29) is 21.7 Å². The van der Waals surface area contributed by atoms with Crippen LogP contribution in [-0.2, 0) is 21.7 Å². The first kappa shape index (κ1) is 36.1. The first-order valence-electron chi connectivity index (χ1n) is 21.2. The van der Waals surface area contributed by atoms with Gasteiger partial charge in [-0.25, -0.2) is 0 Å². The number of nitrogens with zero attached hydrogens (tertiary/aromatic N) is 1. The van der Waals surface area contributed by atoms with Gasteiger partial charge in [-0.2, -0.15) is 0 Å². The van der Waals surface area contributed by atoms with Gasteiger partial charge >= 0.3 is 0 Å². The molecular formula is C56H51NO2. The molecular weight excluding hydrogens is 719 g/mol. The molecule has 292 valence electrons. The van der Waals surface area contributed by atoms with Crippen LogP contribution < -0.4 is 4.90 Å². The molecule has 2 aromatic heterocycles. The van der Waals surface area contributed by atoms with Gasteiger partial charge in [-0.1, -0.05) is 136 Å². The van der Waals surface area contributed by atoms with E-state index in [1.54, 1.807) is 0 Å². The number of hydrogen-bond acceptors (Lipinski definition) is 3. The number of fused-ring (bicyclic) bond motifs is 12. The monoisotopic (exact) mass is 769 g/mol. The van der Waals surface area contributed by atoms with Crippen LogP contribution in [0.1, 0.15) is 103 Å². The fourth-order valence-electron chi connectivity index (χ4n) is 10.4. The highest BCUT2D eigenvalue weighted by Crippen LogP contribution is 2.55. The second-order valence-electron chi connectivity index (χ2n) is 20.2. The summed E-state index contributed by atoms with van der Waals surface area (Å²) in [6.45, 7) is 23.3. The third-order valence-electron chi connectivity index (χ3n) is 13.7. The minimum atomic E-state index is -0.204. The summed E-state index contributed by atoms with van der Waals surface area (Å²) in [4.78, 5) is 2.46. The first-order valence-corrected chi connectivity index (χ1v) is 21.2. The van der Waals surface area contributed by atoms with Gasteiger partial charge in [0.2, 0.25) is 0 Å². The smallest absolute Gasteiger partial charge is 0.139 e. The minimum absolute atomic E-state index is 0.0118. The van der Waals surface area contributed by atoms with Crippen molar-refractivity contribution in [3.05, 3.63) is 161 Å². The van der Waals surface area contributed by atoms with Gasteiger partial charge in [-0.05, 0) is 122 Å². The standard InChI is InChI=1S/C56H51NO2/c1-53(2,3)32-26-41-40-30-45-39(31-50(40)59-52(41)46(27-32)54(4,5)6)38-28-33(23-25-43(38)56(45,9)10)57(47-19-15-21-49-51(47)37-17-12-14-20-48(37)58-49)34-22-24-36-35-16-11-13-18-42(35)55(7,8)44(36)29-34/h11-31H,1-10H3. The molecule has 0 unspecified atom stereocenters. The summed E-state index contributed by atoms with van der Waals surface area (Å²) in [5, 5.41) is 4.63. The summed E-state index contributed by atoms with van der Waals surface area (Å²) in [6, 6.07) is 47.5. The van der Waals surface area contributed by atoms with Crippen molar-refractivity contribution in [1.82, 2.24) is 0 Å². The Balaban J connectivity index is 1.15. The van der Waals surface area contributed by atoms with Gasteiger partial charge in [0, 0.05) is 43.9 Å². The van der Waals surface area contributed by atoms with Crippen LogP contribution in [0.15, 0.2) is 136 Å². The lowest BCUT2D eigenvalue weighted by molar-refractivity contribution is 0.559. The highest BCUT2D eigenvalue weighted by atomic mass is 16.3. The molecule has 2 aliphatic rings. The molecule has 59 heavy (non-hydrogen) atoms. The number of benzene rings is 7. The molecule has 0 amide bonds. The van der Waals surface area contributed by atoms with Gasteiger partial charge < -0.3 is 13.7 Å². The van der Waals surface area contributed by atoms with Gasteiger partial charge in [-0.3, -0.25) is 0 Å². The maximum Gasteiger partial charge on any atom is 0.139 e. The van der Waals surface area contributed by atoms with Crippen LogP contribution in [0, 0.1) is 0 Å². The Bertz CT molecular complexity index is 3240. The van der Waals surface area contributed by atoms with Crippen molar-refractivity contribution in [1.29, 1.82) is 0 Å². The lowest BCUT2D eigenvalue weighted by Crippen LogP contribution is -2.17. The van der Waals surface area contributed by atoms with Crippen LogP contribution in [0.4, 0.5) is 17.1 Å². The van der Waals surface area contributed by atoms with Crippen molar-refractivity contribution >= 4 is 60.9 Å². The molecule has 3 nitrogen and oxygen atoms in total. The van der Waals surface area contributed by atoms with Crippen molar-refractivity contribution in [3.8, 4) is 22.3 Å². The highest BCUT2D eigenvalue weighted by molar-refractivity contribution is 6.14. The van der Waals surface area contributed by atoms with Gasteiger partial charge in [0.05, 0.1) is 11.1 Å². The van der Waals surface area contributed by atoms with E-state index >= 15 is 0 Å². The molecule has 0 saturated heterocycles. The van der Waals surface area contributed by atoms with E-state index in [0.717, 1.165) is 50.2 Å². The van der Waals surface area contributed by atoms with Gasteiger partial charge in [-0.15, -0.1) is 0 Å². The largest absolute Gasteiger partial charge is 0.456 e. The number of furan rings is 2. The van der Waals surface area contributed by atoms with Crippen LogP contribution >= 0.6 is 0 Å². The van der Waals surface area contributed by atoms with Crippen molar-refractivity contribution in [2.75, 3.05) is 4.90 Å². The topological polar surface area (TPSA) is 29.5 Å². The Hall–Kier alpha value is -6.06. The van der Waals surface area contributed by atoms with E-state index in [1.165, 1.54) is 66.4 Å². The van der Waals surface area contributed by atoms with Crippen LogP contribution in [0.2, 0.25) is 0 Å². The summed E-state index contributed by atoms with van der Waals surface area (Å²) in [5.74, 6) is 0. The molecule has 0 spiro atoms. The summed E-state index contributed by atoms with van der Waals surface area (Å²) >= 11 is 0. The fourth-order valence-corrected chi connectivity index (χ4v) is 10.4. The Morgan fingerprint density at radius 1 is 0.441 bits per heavy atom. The second-order valence-corrected chi connectivity index (χ2v) is 20.2. The molecule has 0 atom stereocenters. The Kier molecular flexibility index (Phi) is 7.20. The van der Waals surface area contributed by atoms with E-state index < -0.39 is 0 Å². The number of para-hydroxylation sites is 1. The molecule has 9 aromatic rings. The SMILES string of the molecule is CC(C)(C)c1cc(C(C)(C)C)c2oc3cc4c(cc3c2c1)C(C)(C)c1ccc(N(c2ccc3c(c2)C(C)(C)c2ccccc2-3)c2cccc3oc5ccccc5c23)cc1-4. The third-order valence-corrected chi connectivity index (χ3v) is 13.7. The van der Waals surface area contributed by atoms with Crippen LogP contribution in [0.5, 0.6) is 0 Å². The molecule has 0 aliphatic heterocycles. The fraction of sp³-hybridized carbons (Fsp3) is 0.250. The number of hydrogen-bond donors (Lipinski definition) is 0. The van der Waals surface area contributed by atoms with E-state index in [9.17, 15) is 0 Å². The Morgan fingerprint density at radius 3 is 1.86 bits per heavy atom. The van der Waals surface area contributed by atoms with Crippen molar-refractivity contribution in [3.63, 3.8) is 0 Å². The molecule has 0 fully saturated rings. The molecule has 11 rings (SSSR count). The zero-order chi connectivity index (χ0) is 41.0. The highest BCUT2D eigenvalue weighted by Gasteiger charge is 2.39. The van der Waals surface area contributed by atoms with E-state index in [0.29, 0.717) is 0 Å². The predicted octanol–water partition coefficient (Wildman–Crippen LogP) is 16.2. The first-order chi connectivity index (χ1) is 28.0. The maximum atomic E-state index is 6.95. The molecule has 0 N–H and O–H groups in total. The molecule has 0 saturated carbocycles. The van der Waals surface area contributed by atoms with Crippen LogP contribution in [-0.4, -0.2) is 0 Å². The van der Waals surface area contributed by atoms with Crippen LogP contribution in [0.3, 0.4) is 0 Å². The zero-order valence-corrected chi connectivity index (χ0v) is 35.9. The third kappa shape index (κ3) is 5.06. The van der Waals surface area contributed by atoms with E-state index in [2.05, 4.69) is 202 Å². The quantitative estimate of drug-likeness (QED) is 0.179. The maximum absolute atomic E-state index is 6.95. The average Bonchev–Trinajstić information content (AvgIpc) is 3.89. The summed E-state index contributed by atoms with van der Waals surface area (Å²) < 4.78 is 13.4. The minimum Gasteiger partial charge on any atom is -0.456 e. The lowest BCUT2D eigenvalue weighted by Gasteiger charge is -2.29. The Morgan fingerprint density at radius 2 is 1.08 bits per heavy atom. The predicted molar refractivity (Wildman–Crippen MR) is 248 cm³/mol. The van der Waals surface area contributed by atoms with E-state index in [4.69, 9.17) is 8.83 Å². The summed E-state index contributed by atoms with van der Waals surface area (Å²) in [7, 11) is 0. The molecule has 2 heterocycles. The Labute approximate surface area is 347 Å².